The second-order valence-electron chi connectivity index (χ2n) is 16.7. The topological polar surface area (TPSA) is 40.6 Å². The van der Waals surface area contributed by atoms with Crippen molar-refractivity contribution in [3.05, 3.63) is 231 Å². The van der Waals surface area contributed by atoms with E-state index in [1.165, 1.54) is 43.4 Å². The zero-order chi connectivity index (χ0) is 43.0. The number of benzene rings is 9. The van der Waals surface area contributed by atoms with Crippen LogP contribution in [0.4, 0.5) is 0 Å². The third-order valence-corrected chi connectivity index (χ3v) is 13.0. The molecule has 0 amide bonds. The lowest BCUT2D eigenvalue weighted by atomic mass is 10.0. The van der Waals surface area contributed by atoms with E-state index >= 15 is 0 Å². The highest BCUT2D eigenvalue weighted by Gasteiger charge is 2.18. The molecule has 5 heteroatoms. The molecule has 13 rings (SSSR count). The first-order valence-corrected chi connectivity index (χ1v) is 22.0. The monoisotopic (exact) mass is 829 g/mol. The number of fused-ring (bicyclic) bond motifs is 9. The van der Waals surface area contributed by atoms with Gasteiger partial charge in [-0.1, -0.05) is 146 Å². The molecule has 0 saturated carbocycles. The van der Waals surface area contributed by atoms with E-state index in [0.29, 0.717) is 5.82 Å². The van der Waals surface area contributed by atoms with Crippen LogP contribution in [-0.2, 0) is 0 Å². The van der Waals surface area contributed by atoms with Crippen LogP contribution in [0.15, 0.2) is 225 Å². The highest BCUT2D eigenvalue weighted by molar-refractivity contribution is 6.11. The van der Waals surface area contributed by atoms with Gasteiger partial charge >= 0.3 is 0 Å². The van der Waals surface area contributed by atoms with Gasteiger partial charge in [0.25, 0.3) is 0 Å². The van der Waals surface area contributed by atoms with E-state index in [-0.39, 0.29) is 0 Å². The molecule has 9 aromatic carbocycles. The van der Waals surface area contributed by atoms with Crippen molar-refractivity contribution in [3.8, 4) is 51.0 Å². The van der Waals surface area contributed by atoms with Crippen LogP contribution >= 0.6 is 0 Å². The van der Waals surface area contributed by atoms with Crippen LogP contribution in [-0.4, -0.2) is 23.7 Å². The van der Waals surface area contributed by atoms with E-state index in [1.54, 1.807) is 0 Å². The van der Waals surface area contributed by atoms with E-state index in [9.17, 15) is 0 Å². The van der Waals surface area contributed by atoms with Crippen molar-refractivity contribution in [3.63, 3.8) is 0 Å². The van der Waals surface area contributed by atoms with Gasteiger partial charge in [-0.15, -0.1) is 0 Å². The summed E-state index contributed by atoms with van der Waals surface area (Å²) >= 11 is 0. The number of para-hydroxylation sites is 5. The highest BCUT2D eigenvalue weighted by Crippen LogP contribution is 2.38. The molecule has 0 N–H and O–H groups in total. The first-order chi connectivity index (χ1) is 32.2. The van der Waals surface area contributed by atoms with Gasteiger partial charge in [-0.3, -0.25) is 0 Å². The Morgan fingerprint density at radius 2 is 0.662 bits per heavy atom. The molecular formula is C60H39N5. The Balaban J connectivity index is 1.01. The number of hydrogen-bond acceptors (Lipinski definition) is 2. The van der Waals surface area contributed by atoms with Crippen molar-refractivity contribution in [2.24, 2.45) is 0 Å². The molecule has 0 saturated heterocycles. The number of rotatable bonds is 7. The zero-order valence-corrected chi connectivity index (χ0v) is 35.3. The molecule has 65 heavy (non-hydrogen) atoms. The maximum atomic E-state index is 5.42. The number of hydrogen-bond donors (Lipinski definition) is 0. The second-order valence-corrected chi connectivity index (χ2v) is 16.7. The zero-order valence-electron chi connectivity index (χ0n) is 35.3. The smallest absolute Gasteiger partial charge is 0.160 e. The summed E-state index contributed by atoms with van der Waals surface area (Å²) in [5.41, 5.74) is 15.8. The molecule has 0 spiro atoms. The standard InChI is InChI=1S/C60H39N5/c1-2-39-32-33-59-51(34-39)50-26-7-12-31-58(50)65(59)44-20-14-17-41(36-44)53-38-52(40-16-13-19-43(35-40)63-54-27-8-3-22-46(54)47-23-4-9-28-55(47)63)61-60(62-53)42-18-15-21-45(37-42)64-56-29-10-5-24-48(56)49-25-6-11-30-57(49)64/h2-38H,1H2. The fourth-order valence-corrected chi connectivity index (χ4v) is 10.1. The Hall–Kier alpha value is -8.80. The number of aromatic nitrogens is 5. The molecule has 0 aliphatic carbocycles. The average Bonchev–Trinajstić information content (AvgIpc) is 4.02. The van der Waals surface area contributed by atoms with Crippen LogP contribution in [0, 0.1) is 0 Å². The molecule has 4 heterocycles. The van der Waals surface area contributed by atoms with Crippen molar-refractivity contribution in [1.29, 1.82) is 0 Å². The van der Waals surface area contributed by atoms with Gasteiger partial charge in [-0.05, 0) is 90.5 Å². The summed E-state index contributed by atoms with van der Waals surface area (Å²) in [7, 11) is 0. The lowest BCUT2D eigenvalue weighted by Crippen LogP contribution is -2.00. The van der Waals surface area contributed by atoms with Crippen molar-refractivity contribution in [1.82, 2.24) is 23.7 Å². The van der Waals surface area contributed by atoms with E-state index in [1.807, 2.05) is 6.08 Å². The van der Waals surface area contributed by atoms with Gasteiger partial charge in [-0.25, -0.2) is 9.97 Å². The Bertz CT molecular complexity index is 3770. The largest absolute Gasteiger partial charge is 0.309 e. The number of nitrogens with zero attached hydrogens (tertiary/aromatic N) is 5. The lowest BCUT2D eigenvalue weighted by molar-refractivity contribution is 1.15. The van der Waals surface area contributed by atoms with Crippen molar-refractivity contribution >= 4 is 71.5 Å². The fourth-order valence-electron chi connectivity index (χ4n) is 10.1. The summed E-state index contributed by atoms with van der Waals surface area (Å²) in [6, 6.07) is 78.0. The predicted molar refractivity (Wildman–Crippen MR) is 271 cm³/mol. The third-order valence-electron chi connectivity index (χ3n) is 13.0. The first-order valence-electron chi connectivity index (χ1n) is 22.0. The third kappa shape index (κ3) is 5.87. The van der Waals surface area contributed by atoms with Gasteiger partial charge in [0, 0.05) is 66.1 Å². The Morgan fingerprint density at radius 3 is 1.08 bits per heavy atom. The SMILES string of the molecule is C=Cc1ccc2c(c1)c1ccccc1n2-c1cccc(-c2cc(-c3cccc(-n4c5ccccc5c5ccccc54)c3)nc(-c3cccc(-n4c5ccccc5c5ccccc54)c3)n2)c1. The fraction of sp³-hybridized carbons (Fsp3) is 0. The highest BCUT2D eigenvalue weighted by atomic mass is 15.0. The molecule has 0 aliphatic rings. The lowest BCUT2D eigenvalue weighted by Gasteiger charge is -2.14. The van der Waals surface area contributed by atoms with Crippen LogP contribution < -0.4 is 0 Å². The summed E-state index contributed by atoms with van der Waals surface area (Å²) < 4.78 is 7.06. The normalized spacial score (nSPS) is 11.8. The van der Waals surface area contributed by atoms with Crippen LogP contribution in [0.5, 0.6) is 0 Å². The molecule has 0 radical (unpaired) electrons. The minimum absolute atomic E-state index is 0.654. The Morgan fingerprint density at radius 1 is 0.308 bits per heavy atom. The molecule has 0 bridgehead atoms. The minimum Gasteiger partial charge on any atom is -0.309 e. The van der Waals surface area contributed by atoms with Crippen molar-refractivity contribution in [2.75, 3.05) is 0 Å². The summed E-state index contributed by atoms with van der Waals surface area (Å²) in [4.78, 5) is 10.8. The van der Waals surface area contributed by atoms with Crippen LogP contribution in [0.25, 0.3) is 122 Å². The van der Waals surface area contributed by atoms with Crippen LogP contribution in [0.1, 0.15) is 5.56 Å². The van der Waals surface area contributed by atoms with Gasteiger partial charge < -0.3 is 13.7 Å². The second kappa shape index (κ2) is 14.7. The van der Waals surface area contributed by atoms with Gasteiger partial charge in [-0.2, -0.15) is 0 Å². The minimum atomic E-state index is 0.654. The molecule has 304 valence electrons. The molecule has 0 atom stereocenters. The summed E-state index contributed by atoms with van der Waals surface area (Å²) in [5.74, 6) is 0.654. The molecule has 0 aliphatic heterocycles. The Kier molecular flexibility index (Phi) is 8.30. The van der Waals surface area contributed by atoms with Gasteiger partial charge in [0.15, 0.2) is 5.82 Å². The molecule has 4 aromatic heterocycles. The summed E-state index contributed by atoms with van der Waals surface area (Å²) in [5, 5.41) is 7.30. The maximum absolute atomic E-state index is 5.42. The van der Waals surface area contributed by atoms with Gasteiger partial charge in [0.05, 0.1) is 44.5 Å². The summed E-state index contributed by atoms with van der Waals surface area (Å²) in [6.45, 7) is 4.05. The molecule has 0 fully saturated rings. The Labute approximate surface area is 375 Å². The van der Waals surface area contributed by atoms with E-state index in [0.717, 1.165) is 72.8 Å². The van der Waals surface area contributed by atoms with Crippen molar-refractivity contribution < 1.29 is 0 Å². The average molecular weight is 830 g/mol. The molecular weight excluding hydrogens is 791 g/mol. The van der Waals surface area contributed by atoms with Gasteiger partial charge in [0.2, 0.25) is 0 Å². The molecule has 13 aromatic rings. The predicted octanol–water partition coefficient (Wildman–Crippen LogP) is 15.4. The maximum Gasteiger partial charge on any atom is 0.160 e. The summed E-state index contributed by atoms with van der Waals surface area (Å²) in [6.07, 6.45) is 1.91. The van der Waals surface area contributed by atoms with Gasteiger partial charge in [0.1, 0.15) is 0 Å². The van der Waals surface area contributed by atoms with E-state index in [2.05, 4.69) is 239 Å². The van der Waals surface area contributed by atoms with Crippen molar-refractivity contribution in [2.45, 2.75) is 0 Å². The quantitative estimate of drug-likeness (QED) is 0.161. The molecule has 0 unspecified atom stereocenters. The van der Waals surface area contributed by atoms with Crippen LogP contribution in [0.2, 0.25) is 0 Å². The van der Waals surface area contributed by atoms with Crippen LogP contribution in [0.3, 0.4) is 0 Å². The first kappa shape index (κ1) is 36.8. The van der Waals surface area contributed by atoms with E-state index in [4.69, 9.17) is 9.97 Å². The van der Waals surface area contributed by atoms with E-state index < -0.39 is 0 Å². The molecule has 5 nitrogen and oxygen atoms in total.